The summed E-state index contributed by atoms with van der Waals surface area (Å²) in [7, 11) is 1.64. The predicted octanol–water partition coefficient (Wildman–Crippen LogP) is 6.49. The number of hydrogen-bond donors (Lipinski definition) is 1. The number of nitrogens with zero attached hydrogens (tertiary/aromatic N) is 3. The molecular formula is C27H24BrClN4O2S. The molecule has 0 saturated carbocycles. The lowest BCUT2D eigenvalue weighted by atomic mass is 10.0. The third kappa shape index (κ3) is 4.99. The molecule has 1 aliphatic rings. The maximum Gasteiger partial charge on any atom is 0.174 e. The van der Waals surface area contributed by atoms with Gasteiger partial charge in [0, 0.05) is 41.0 Å². The number of hydrogen-bond acceptors (Lipinski definition) is 4. The maximum atomic E-state index is 6.62. The first kappa shape index (κ1) is 24.8. The zero-order chi connectivity index (χ0) is 25.1. The SMILES string of the molecule is COCCOc1ccc(N2C(=S)N[C@@H](c3ccccn3)[C@H]2c2cccn2-c2ccc(Br)cc2)cc1Cl. The van der Waals surface area contributed by atoms with Crippen molar-refractivity contribution in [3.63, 3.8) is 0 Å². The van der Waals surface area contributed by atoms with E-state index in [1.807, 2.05) is 54.6 Å². The molecule has 3 heterocycles. The van der Waals surface area contributed by atoms with Crippen LogP contribution in [0.5, 0.6) is 5.75 Å². The summed E-state index contributed by atoms with van der Waals surface area (Å²) in [5.74, 6) is 0.603. The molecule has 2 aromatic carbocycles. The quantitative estimate of drug-likeness (QED) is 0.189. The van der Waals surface area contributed by atoms with Crippen LogP contribution < -0.4 is 15.0 Å². The van der Waals surface area contributed by atoms with E-state index in [9.17, 15) is 0 Å². The van der Waals surface area contributed by atoms with Crippen molar-refractivity contribution in [3.05, 3.63) is 106 Å². The molecule has 36 heavy (non-hydrogen) atoms. The molecule has 1 N–H and O–H groups in total. The van der Waals surface area contributed by atoms with Gasteiger partial charge in [-0.25, -0.2) is 0 Å². The van der Waals surface area contributed by atoms with Crippen molar-refractivity contribution in [2.24, 2.45) is 0 Å². The second-order valence-corrected chi connectivity index (χ2v) is 9.94. The van der Waals surface area contributed by atoms with Crippen molar-refractivity contribution in [2.75, 3.05) is 25.2 Å². The summed E-state index contributed by atoms with van der Waals surface area (Å²) in [5.41, 5.74) is 3.89. The first-order chi connectivity index (χ1) is 17.6. The van der Waals surface area contributed by atoms with Gasteiger partial charge in [-0.15, -0.1) is 0 Å². The molecule has 1 fully saturated rings. The number of nitrogens with one attached hydrogen (secondary N) is 1. The molecule has 184 valence electrons. The first-order valence-electron chi connectivity index (χ1n) is 11.4. The summed E-state index contributed by atoms with van der Waals surface area (Å²) in [6.45, 7) is 0.906. The minimum absolute atomic E-state index is 0.167. The fraction of sp³-hybridized carbons (Fsp3) is 0.185. The molecule has 2 atom stereocenters. The van der Waals surface area contributed by atoms with Crippen molar-refractivity contribution >= 4 is 50.5 Å². The van der Waals surface area contributed by atoms with E-state index in [0.717, 1.165) is 27.2 Å². The lowest BCUT2D eigenvalue weighted by Crippen LogP contribution is -2.30. The Hall–Kier alpha value is -2.91. The van der Waals surface area contributed by atoms with Crippen LogP contribution in [0, 0.1) is 0 Å². The smallest absolute Gasteiger partial charge is 0.174 e. The standard InChI is InChI=1S/C27H24BrClN4O2S/c1-34-15-16-35-24-12-11-20(17-21(24)29)33-26(25(31-27(33)36)22-5-2-3-13-30-22)23-6-4-14-32(23)19-9-7-18(28)8-10-19/h2-14,17,25-26H,15-16H2,1H3,(H,31,36)/t25-,26+/m0/s1. The number of anilines is 1. The number of rotatable bonds is 8. The Morgan fingerprint density at radius 3 is 2.56 bits per heavy atom. The Balaban J connectivity index is 1.58. The number of thiocarbonyl (C=S) groups is 1. The van der Waals surface area contributed by atoms with E-state index in [4.69, 9.17) is 33.3 Å². The van der Waals surface area contributed by atoms with Crippen LogP contribution in [0.4, 0.5) is 5.69 Å². The summed E-state index contributed by atoms with van der Waals surface area (Å²) in [6, 6.07) is 23.7. The van der Waals surface area contributed by atoms with E-state index in [2.05, 4.69) is 60.1 Å². The van der Waals surface area contributed by atoms with Crippen LogP contribution in [0.1, 0.15) is 23.5 Å². The Bertz CT molecular complexity index is 1350. The number of benzene rings is 2. The molecule has 6 nitrogen and oxygen atoms in total. The second-order valence-electron chi connectivity index (χ2n) is 8.23. The molecule has 1 aliphatic heterocycles. The summed E-state index contributed by atoms with van der Waals surface area (Å²) >= 11 is 16.0. The highest BCUT2D eigenvalue weighted by Gasteiger charge is 2.42. The van der Waals surface area contributed by atoms with E-state index < -0.39 is 0 Å². The van der Waals surface area contributed by atoms with Gasteiger partial charge in [0.2, 0.25) is 0 Å². The fourth-order valence-corrected chi connectivity index (χ4v) is 5.24. The molecule has 9 heteroatoms. The van der Waals surface area contributed by atoms with Crippen molar-refractivity contribution in [3.8, 4) is 11.4 Å². The maximum absolute atomic E-state index is 6.62. The topological polar surface area (TPSA) is 51.6 Å². The van der Waals surface area contributed by atoms with E-state index in [0.29, 0.717) is 29.1 Å². The van der Waals surface area contributed by atoms with Gasteiger partial charge in [0.05, 0.1) is 23.4 Å². The van der Waals surface area contributed by atoms with Gasteiger partial charge in [0.25, 0.3) is 0 Å². The average molecular weight is 584 g/mol. The van der Waals surface area contributed by atoms with Crippen LogP contribution in [-0.4, -0.2) is 35.0 Å². The number of ether oxygens (including phenoxy) is 2. The van der Waals surface area contributed by atoms with Gasteiger partial charge < -0.3 is 24.3 Å². The molecule has 0 bridgehead atoms. The van der Waals surface area contributed by atoms with Crippen LogP contribution >= 0.6 is 39.7 Å². The lowest BCUT2D eigenvalue weighted by Gasteiger charge is -2.29. The van der Waals surface area contributed by atoms with E-state index in [1.54, 1.807) is 13.3 Å². The number of aromatic nitrogens is 2. The Morgan fingerprint density at radius 1 is 1.03 bits per heavy atom. The van der Waals surface area contributed by atoms with Crippen LogP contribution in [0.15, 0.2) is 89.7 Å². The van der Waals surface area contributed by atoms with Gasteiger partial charge >= 0.3 is 0 Å². The normalized spacial score (nSPS) is 17.3. The molecule has 5 rings (SSSR count). The van der Waals surface area contributed by atoms with Gasteiger partial charge in [-0.2, -0.15) is 0 Å². The zero-order valence-corrected chi connectivity index (χ0v) is 22.6. The molecule has 0 amide bonds. The molecule has 0 aliphatic carbocycles. The van der Waals surface area contributed by atoms with Gasteiger partial charge in [-0.05, 0) is 78.9 Å². The van der Waals surface area contributed by atoms with Gasteiger partial charge in [-0.1, -0.05) is 33.6 Å². The van der Waals surface area contributed by atoms with Gasteiger partial charge in [0.15, 0.2) is 5.11 Å². The Morgan fingerprint density at radius 2 is 1.83 bits per heavy atom. The second kappa shape index (κ2) is 11.0. The van der Waals surface area contributed by atoms with Gasteiger partial charge in [0.1, 0.15) is 18.4 Å². The van der Waals surface area contributed by atoms with Crippen molar-refractivity contribution in [2.45, 2.75) is 12.1 Å². The number of pyridine rings is 1. The van der Waals surface area contributed by atoms with E-state index >= 15 is 0 Å². The minimum atomic E-state index is -0.178. The molecule has 0 spiro atoms. The first-order valence-corrected chi connectivity index (χ1v) is 13.0. The highest BCUT2D eigenvalue weighted by Crippen LogP contribution is 2.43. The van der Waals surface area contributed by atoms with Gasteiger partial charge in [-0.3, -0.25) is 4.98 Å². The van der Waals surface area contributed by atoms with Crippen molar-refractivity contribution in [1.82, 2.24) is 14.9 Å². The number of halogens is 2. The van der Waals surface area contributed by atoms with E-state index in [1.165, 1.54) is 0 Å². The van der Waals surface area contributed by atoms with Crippen molar-refractivity contribution < 1.29 is 9.47 Å². The number of methoxy groups -OCH3 is 1. The fourth-order valence-electron chi connectivity index (χ4n) is 4.40. The minimum Gasteiger partial charge on any atom is -0.490 e. The summed E-state index contributed by atoms with van der Waals surface area (Å²) in [6.07, 6.45) is 3.86. The molecule has 0 radical (unpaired) electrons. The van der Waals surface area contributed by atoms with Crippen LogP contribution in [0.25, 0.3) is 5.69 Å². The highest BCUT2D eigenvalue weighted by molar-refractivity contribution is 9.10. The van der Waals surface area contributed by atoms with Crippen LogP contribution in [0.3, 0.4) is 0 Å². The highest BCUT2D eigenvalue weighted by atomic mass is 79.9. The molecule has 1 saturated heterocycles. The Kier molecular flexibility index (Phi) is 7.57. The average Bonchev–Trinajstić information content (AvgIpc) is 3.50. The molecule has 4 aromatic rings. The molecular weight excluding hydrogens is 560 g/mol. The Labute approximate surface area is 228 Å². The largest absolute Gasteiger partial charge is 0.490 e. The lowest BCUT2D eigenvalue weighted by molar-refractivity contribution is 0.146. The molecule has 0 unspecified atom stereocenters. The third-order valence-electron chi connectivity index (χ3n) is 6.02. The van der Waals surface area contributed by atoms with Crippen LogP contribution in [0.2, 0.25) is 5.02 Å². The third-order valence-corrected chi connectivity index (χ3v) is 7.16. The monoisotopic (exact) mass is 582 g/mol. The van der Waals surface area contributed by atoms with E-state index in [-0.39, 0.29) is 12.1 Å². The predicted molar refractivity (Wildman–Crippen MR) is 150 cm³/mol. The molecule has 2 aromatic heterocycles. The van der Waals surface area contributed by atoms with Crippen LogP contribution in [-0.2, 0) is 4.74 Å². The zero-order valence-electron chi connectivity index (χ0n) is 19.5. The summed E-state index contributed by atoms with van der Waals surface area (Å²) in [5, 5.41) is 4.61. The summed E-state index contributed by atoms with van der Waals surface area (Å²) in [4.78, 5) is 6.75. The van der Waals surface area contributed by atoms with Crippen molar-refractivity contribution in [1.29, 1.82) is 0 Å². The summed E-state index contributed by atoms with van der Waals surface area (Å²) < 4.78 is 14.0.